The van der Waals surface area contributed by atoms with Crippen molar-refractivity contribution in [2.75, 3.05) is 7.11 Å². The van der Waals surface area contributed by atoms with Crippen LogP contribution in [0.2, 0.25) is 0 Å². The summed E-state index contributed by atoms with van der Waals surface area (Å²) in [6, 6.07) is 9.75. The minimum absolute atomic E-state index is 0.599. The van der Waals surface area contributed by atoms with Crippen molar-refractivity contribution < 1.29 is 4.74 Å². The zero-order valence-electron chi connectivity index (χ0n) is 11.2. The van der Waals surface area contributed by atoms with Gasteiger partial charge in [0.1, 0.15) is 17.6 Å². The van der Waals surface area contributed by atoms with Crippen LogP contribution in [0.4, 0.5) is 5.82 Å². The average molecular weight is 253 g/mol. The first-order valence-corrected chi connectivity index (χ1v) is 5.93. The SMILES string of the molecule is COc1ccc(/C=N/c2[nH]c(C)c(C)c2C#N)cc1. The summed E-state index contributed by atoms with van der Waals surface area (Å²) in [5.41, 5.74) is 3.47. The number of nitrogens with one attached hydrogen (secondary N) is 1. The van der Waals surface area contributed by atoms with Crippen molar-refractivity contribution in [3.8, 4) is 11.8 Å². The van der Waals surface area contributed by atoms with Gasteiger partial charge in [0.2, 0.25) is 0 Å². The smallest absolute Gasteiger partial charge is 0.148 e. The lowest BCUT2D eigenvalue weighted by Crippen LogP contribution is -1.84. The van der Waals surface area contributed by atoms with Crippen LogP contribution in [0, 0.1) is 25.2 Å². The molecule has 19 heavy (non-hydrogen) atoms. The fourth-order valence-corrected chi connectivity index (χ4v) is 1.76. The van der Waals surface area contributed by atoms with Crippen LogP contribution in [-0.2, 0) is 0 Å². The maximum Gasteiger partial charge on any atom is 0.148 e. The number of benzene rings is 1. The number of hydrogen-bond acceptors (Lipinski definition) is 3. The molecule has 4 heteroatoms. The lowest BCUT2D eigenvalue weighted by molar-refractivity contribution is 0.415. The van der Waals surface area contributed by atoms with Crippen molar-refractivity contribution in [2.24, 2.45) is 4.99 Å². The van der Waals surface area contributed by atoms with Gasteiger partial charge in [0.25, 0.3) is 0 Å². The Labute approximate surface area is 112 Å². The summed E-state index contributed by atoms with van der Waals surface area (Å²) < 4.78 is 5.09. The topological polar surface area (TPSA) is 61.2 Å². The van der Waals surface area contributed by atoms with Crippen LogP contribution < -0.4 is 4.74 Å². The molecule has 0 aliphatic heterocycles. The van der Waals surface area contributed by atoms with E-state index in [4.69, 9.17) is 10.00 Å². The molecule has 1 heterocycles. The van der Waals surface area contributed by atoms with E-state index in [0.717, 1.165) is 22.6 Å². The Morgan fingerprint density at radius 2 is 1.95 bits per heavy atom. The molecule has 0 saturated carbocycles. The maximum absolute atomic E-state index is 9.12. The second-order valence-corrected chi connectivity index (χ2v) is 4.24. The number of nitriles is 1. The van der Waals surface area contributed by atoms with E-state index in [1.165, 1.54) is 0 Å². The van der Waals surface area contributed by atoms with Crippen LogP contribution in [0.25, 0.3) is 0 Å². The van der Waals surface area contributed by atoms with Crippen LogP contribution in [0.15, 0.2) is 29.3 Å². The summed E-state index contributed by atoms with van der Waals surface area (Å²) in [7, 11) is 1.63. The maximum atomic E-state index is 9.12. The van der Waals surface area contributed by atoms with Gasteiger partial charge in [-0.25, -0.2) is 4.99 Å². The molecule has 0 atom stereocenters. The molecule has 2 aromatic rings. The highest BCUT2D eigenvalue weighted by Crippen LogP contribution is 2.23. The largest absolute Gasteiger partial charge is 0.497 e. The standard InChI is InChI=1S/C15H15N3O/c1-10-11(2)18-15(14(10)8-16)17-9-12-4-6-13(19-3)7-5-12/h4-7,9,18H,1-3H3/b17-9+. The van der Waals surface area contributed by atoms with Crippen molar-refractivity contribution in [3.63, 3.8) is 0 Å². The van der Waals surface area contributed by atoms with Gasteiger partial charge in [-0.05, 0) is 49.2 Å². The predicted molar refractivity (Wildman–Crippen MR) is 75.2 cm³/mol. The Kier molecular flexibility index (Phi) is 3.67. The molecule has 2 rings (SSSR count). The molecule has 96 valence electrons. The summed E-state index contributed by atoms with van der Waals surface area (Å²) >= 11 is 0. The van der Waals surface area contributed by atoms with Crippen LogP contribution in [0.5, 0.6) is 5.75 Å². The average Bonchev–Trinajstić information content (AvgIpc) is 2.72. The molecule has 4 nitrogen and oxygen atoms in total. The minimum Gasteiger partial charge on any atom is -0.497 e. The molecule has 0 radical (unpaired) electrons. The number of ether oxygens (including phenoxy) is 1. The number of H-pyrrole nitrogens is 1. The van der Waals surface area contributed by atoms with Gasteiger partial charge in [-0.2, -0.15) is 5.26 Å². The van der Waals surface area contributed by atoms with Gasteiger partial charge in [-0.1, -0.05) is 0 Å². The summed E-state index contributed by atoms with van der Waals surface area (Å²) in [4.78, 5) is 7.45. The quantitative estimate of drug-likeness (QED) is 0.853. The van der Waals surface area contributed by atoms with Crippen LogP contribution >= 0.6 is 0 Å². The van der Waals surface area contributed by atoms with Gasteiger partial charge in [0.05, 0.1) is 12.7 Å². The summed E-state index contributed by atoms with van der Waals surface area (Å²) in [5, 5.41) is 9.12. The van der Waals surface area contributed by atoms with Gasteiger partial charge in [-0.3, -0.25) is 0 Å². The third kappa shape index (κ3) is 2.66. The Balaban J connectivity index is 2.27. The van der Waals surface area contributed by atoms with Crippen LogP contribution in [0.1, 0.15) is 22.4 Å². The molecule has 0 amide bonds. The molecule has 1 aromatic heterocycles. The highest BCUT2D eigenvalue weighted by molar-refractivity contribution is 5.82. The van der Waals surface area contributed by atoms with Gasteiger partial charge in [0.15, 0.2) is 0 Å². The van der Waals surface area contributed by atoms with E-state index < -0.39 is 0 Å². The normalized spacial score (nSPS) is 10.6. The fraction of sp³-hybridized carbons (Fsp3) is 0.200. The Bertz CT molecular complexity index is 645. The first-order chi connectivity index (χ1) is 9.15. The monoisotopic (exact) mass is 253 g/mol. The second-order valence-electron chi connectivity index (χ2n) is 4.24. The van der Waals surface area contributed by atoms with E-state index in [2.05, 4.69) is 16.0 Å². The number of aliphatic imine (C=N–C) groups is 1. The highest BCUT2D eigenvalue weighted by atomic mass is 16.5. The molecule has 1 N–H and O–H groups in total. The number of methoxy groups -OCH3 is 1. The number of nitrogens with zero attached hydrogens (tertiary/aromatic N) is 2. The molecule has 0 saturated heterocycles. The van der Waals surface area contributed by atoms with Gasteiger partial charge in [-0.15, -0.1) is 0 Å². The Morgan fingerprint density at radius 1 is 1.26 bits per heavy atom. The van der Waals surface area contributed by atoms with E-state index >= 15 is 0 Å². The molecule has 0 spiro atoms. The zero-order valence-corrected chi connectivity index (χ0v) is 11.2. The van der Waals surface area contributed by atoms with Gasteiger partial charge < -0.3 is 9.72 Å². The van der Waals surface area contributed by atoms with Crippen LogP contribution in [-0.4, -0.2) is 18.3 Å². The molecule has 0 fully saturated rings. The minimum atomic E-state index is 0.599. The van der Waals surface area contributed by atoms with Gasteiger partial charge >= 0.3 is 0 Å². The molecular formula is C15H15N3O. The van der Waals surface area contributed by atoms with Crippen LogP contribution in [0.3, 0.4) is 0 Å². The van der Waals surface area contributed by atoms with Gasteiger partial charge in [0, 0.05) is 11.9 Å². The molecule has 0 aliphatic rings. The van der Waals surface area contributed by atoms with Crippen molar-refractivity contribution >= 4 is 12.0 Å². The summed E-state index contributed by atoms with van der Waals surface area (Å²) in [6.07, 6.45) is 1.73. The summed E-state index contributed by atoms with van der Waals surface area (Å²) in [5.74, 6) is 1.41. The van der Waals surface area contributed by atoms with Crippen molar-refractivity contribution in [1.29, 1.82) is 5.26 Å². The number of aromatic amines is 1. The van der Waals surface area contributed by atoms with E-state index in [0.29, 0.717) is 11.4 Å². The summed E-state index contributed by atoms with van der Waals surface area (Å²) in [6.45, 7) is 3.85. The third-order valence-electron chi connectivity index (χ3n) is 3.05. The molecular weight excluding hydrogens is 238 g/mol. The molecule has 1 aromatic carbocycles. The third-order valence-corrected chi connectivity index (χ3v) is 3.05. The van der Waals surface area contributed by atoms with E-state index in [1.54, 1.807) is 13.3 Å². The van der Waals surface area contributed by atoms with E-state index in [-0.39, 0.29) is 0 Å². The lowest BCUT2D eigenvalue weighted by atomic mass is 10.2. The first kappa shape index (κ1) is 12.9. The number of rotatable bonds is 3. The van der Waals surface area contributed by atoms with Crippen molar-refractivity contribution in [2.45, 2.75) is 13.8 Å². The molecule has 0 aliphatic carbocycles. The first-order valence-electron chi connectivity index (χ1n) is 5.93. The van der Waals surface area contributed by atoms with E-state index in [9.17, 15) is 0 Å². The van der Waals surface area contributed by atoms with Crippen molar-refractivity contribution in [3.05, 3.63) is 46.6 Å². The Hall–Kier alpha value is -2.54. The number of aryl methyl sites for hydroxylation is 1. The molecule has 0 bridgehead atoms. The molecule has 0 unspecified atom stereocenters. The highest BCUT2D eigenvalue weighted by Gasteiger charge is 2.09. The fourth-order valence-electron chi connectivity index (χ4n) is 1.76. The predicted octanol–water partition coefficient (Wildman–Crippen LogP) is 3.26. The lowest BCUT2D eigenvalue weighted by Gasteiger charge is -1.98. The van der Waals surface area contributed by atoms with E-state index in [1.807, 2.05) is 38.1 Å². The van der Waals surface area contributed by atoms with Crippen molar-refractivity contribution in [1.82, 2.24) is 4.98 Å². The number of hydrogen-bond donors (Lipinski definition) is 1. The Morgan fingerprint density at radius 3 is 2.53 bits per heavy atom. The zero-order chi connectivity index (χ0) is 13.8. The number of aromatic nitrogens is 1. The second kappa shape index (κ2) is 5.40.